The molecule has 3 aromatic heterocycles. The first kappa shape index (κ1) is 15.9. The Hall–Kier alpha value is -2.56. The lowest BCUT2D eigenvalue weighted by atomic mass is 9.85. The Labute approximate surface area is 147 Å². The summed E-state index contributed by atoms with van der Waals surface area (Å²) in [5.41, 5.74) is 5.66. The monoisotopic (exact) mass is 333 g/mol. The van der Waals surface area contributed by atoms with Gasteiger partial charge in [-0.15, -0.1) is 0 Å². The fourth-order valence-corrected chi connectivity index (χ4v) is 3.63. The van der Waals surface area contributed by atoms with Crippen molar-refractivity contribution >= 4 is 17.0 Å². The van der Waals surface area contributed by atoms with Crippen LogP contribution in [-0.2, 0) is 6.42 Å². The van der Waals surface area contributed by atoms with E-state index in [1.54, 1.807) is 0 Å². The zero-order chi connectivity index (χ0) is 17.6. The number of fused-ring (bicyclic) bond motifs is 2. The molecule has 0 saturated heterocycles. The van der Waals surface area contributed by atoms with Crippen LogP contribution in [0.1, 0.15) is 38.6 Å². The average Bonchev–Trinajstić information content (AvgIpc) is 2.97. The van der Waals surface area contributed by atoms with Crippen molar-refractivity contribution in [1.82, 2.24) is 19.6 Å². The standard InChI is InChI=1S/C20H23N5/c1-12(2)7-15-8-16-9-17(10-22-20(16)23-13(15)3)18-5-6-25-19(18)11-21-14(4)24-25/h5-6,9-12,15H,7-8H2,1-4H3/t15-/m0/s1. The van der Waals surface area contributed by atoms with Gasteiger partial charge in [0.05, 0.1) is 11.7 Å². The Bertz CT molecular complexity index is 967. The molecule has 0 spiro atoms. The van der Waals surface area contributed by atoms with Crippen LogP contribution in [0, 0.1) is 18.8 Å². The Balaban J connectivity index is 1.74. The van der Waals surface area contributed by atoms with Gasteiger partial charge in [0.25, 0.3) is 0 Å². The number of aromatic nitrogens is 4. The molecule has 0 aliphatic carbocycles. The summed E-state index contributed by atoms with van der Waals surface area (Å²) in [4.78, 5) is 13.7. The summed E-state index contributed by atoms with van der Waals surface area (Å²) in [7, 11) is 0. The van der Waals surface area contributed by atoms with Gasteiger partial charge in [-0.3, -0.25) is 0 Å². The summed E-state index contributed by atoms with van der Waals surface area (Å²) in [6.07, 6.45) is 7.95. The van der Waals surface area contributed by atoms with E-state index >= 15 is 0 Å². The molecule has 1 aliphatic heterocycles. The molecule has 4 heterocycles. The third kappa shape index (κ3) is 2.95. The van der Waals surface area contributed by atoms with Crippen LogP contribution in [-0.4, -0.2) is 25.3 Å². The molecule has 0 radical (unpaired) electrons. The minimum atomic E-state index is 0.515. The van der Waals surface area contributed by atoms with Gasteiger partial charge in [0, 0.05) is 35.2 Å². The molecule has 0 N–H and O–H groups in total. The van der Waals surface area contributed by atoms with Crippen molar-refractivity contribution in [2.24, 2.45) is 16.8 Å². The molecule has 0 unspecified atom stereocenters. The number of aryl methyl sites for hydroxylation is 1. The lowest BCUT2D eigenvalue weighted by molar-refractivity contribution is 0.489. The zero-order valence-corrected chi connectivity index (χ0v) is 15.2. The van der Waals surface area contributed by atoms with E-state index in [9.17, 15) is 0 Å². The summed E-state index contributed by atoms with van der Waals surface area (Å²) in [5, 5.41) is 4.43. The second kappa shape index (κ2) is 6.06. The molecule has 128 valence electrons. The van der Waals surface area contributed by atoms with Crippen molar-refractivity contribution < 1.29 is 0 Å². The number of pyridine rings is 1. The second-order valence-electron chi connectivity index (χ2n) is 7.36. The first-order valence-electron chi connectivity index (χ1n) is 8.86. The third-order valence-electron chi connectivity index (χ3n) is 4.88. The van der Waals surface area contributed by atoms with Crippen LogP contribution >= 0.6 is 0 Å². The highest BCUT2D eigenvalue weighted by Gasteiger charge is 2.22. The average molecular weight is 333 g/mol. The van der Waals surface area contributed by atoms with Crippen LogP contribution in [0.3, 0.4) is 0 Å². The summed E-state index contributed by atoms with van der Waals surface area (Å²) in [5.74, 6) is 2.82. The zero-order valence-electron chi connectivity index (χ0n) is 15.2. The van der Waals surface area contributed by atoms with E-state index in [4.69, 9.17) is 4.99 Å². The molecular weight excluding hydrogens is 310 g/mol. The van der Waals surface area contributed by atoms with Gasteiger partial charge in [0.1, 0.15) is 5.82 Å². The number of nitrogens with zero attached hydrogens (tertiary/aromatic N) is 5. The normalized spacial score (nSPS) is 17.0. The molecule has 0 amide bonds. The second-order valence-corrected chi connectivity index (χ2v) is 7.36. The van der Waals surface area contributed by atoms with Crippen molar-refractivity contribution in [2.45, 2.75) is 40.5 Å². The van der Waals surface area contributed by atoms with Crippen molar-refractivity contribution in [3.05, 3.63) is 42.1 Å². The van der Waals surface area contributed by atoms with Crippen molar-refractivity contribution in [2.75, 3.05) is 0 Å². The van der Waals surface area contributed by atoms with Gasteiger partial charge in [-0.25, -0.2) is 19.5 Å². The Morgan fingerprint density at radius 1 is 1.20 bits per heavy atom. The molecule has 1 atom stereocenters. The Morgan fingerprint density at radius 2 is 2.04 bits per heavy atom. The maximum atomic E-state index is 4.75. The van der Waals surface area contributed by atoms with E-state index in [-0.39, 0.29) is 0 Å². The summed E-state index contributed by atoms with van der Waals surface area (Å²) >= 11 is 0. The van der Waals surface area contributed by atoms with Gasteiger partial charge in [0.15, 0.2) is 5.82 Å². The highest BCUT2D eigenvalue weighted by Crippen LogP contribution is 2.34. The van der Waals surface area contributed by atoms with E-state index in [0.29, 0.717) is 11.8 Å². The highest BCUT2D eigenvalue weighted by atomic mass is 15.2. The van der Waals surface area contributed by atoms with Crippen molar-refractivity contribution in [3.8, 4) is 11.1 Å². The van der Waals surface area contributed by atoms with Crippen LogP contribution < -0.4 is 0 Å². The molecule has 3 aromatic rings. The van der Waals surface area contributed by atoms with Crippen molar-refractivity contribution in [3.63, 3.8) is 0 Å². The molecule has 0 saturated carbocycles. The molecule has 0 aromatic carbocycles. The highest BCUT2D eigenvalue weighted by molar-refractivity contribution is 5.89. The molecule has 4 rings (SSSR count). The predicted octanol–water partition coefficient (Wildman–Crippen LogP) is 4.41. The molecule has 5 nitrogen and oxygen atoms in total. The quantitative estimate of drug-likeness (QED) is 0.713. The van der Waals surface area contributed by atoms with E-state index in [1.165, 1.54) is 17.7 Å². The third-order valence-corrected chi connectivity index (χ3v) is 4.88. The van der Waals surface area contributed by atoms with Crippen LogP contribution in [0.4, 0.5) is 5.82 Å². The smallest absolute Gasteiger partial charge is 0.154 e. The lowest BCUT2D eigenvalue weighted by Gasteiger charge is -2.24. The molecule has 5 heteroatoms. The minimum Gasteiger partial charge on any atom is -0.238 e. The van der Waals surface area contributed by atoms with Crippen molar-refractivity contribution in [1.29, 1.82) is 0 Å². The maximum Gasteiger partial charge on any atom is 0.154 e. The Kier molecular flexibility index (Phi) is 3.86. The van der Waals surface area contributed by atoms with Gasteiger partial charge in [0.2, 0.25) is 0 Å². The number of hydrogen-bond donors (Lipinski definition) is 0. The number of hydrogen-bond acceptors (Lipinski definition) is 4. The number of rotatable bonds is 3. The predicted molar refractivity (Wildman–Crippen MR) is 100 cm³/mol. The van der Waals surface area contributed by atoms with Crippen LogP contribution in [0.15, 0.2) is 35.7 Å². The van der Waals surface area contributed by atoms with Crippen LogP contribution in [0.25, 0.3) is 16.6 Å². The summed E-state index contributed by atoms with van der Waals surface area (Å²) < 4.78 is 1.88. The fourth-order valence-electron chi connectivity index (χ4n) is 3.63. The summed E-state index contributed by atoms with van der Waals surface area (Å²) in [6.45, 7) is 8.57. The van der Waals surface area contributed by atoms with Gasteiger partial charge >= 0.3 is 0 Å². The van der Waals surface area contributed by atoms with Gasteiger partial charge in [-0.05, 0) is 50.3 Å². The molecule has 25 heavy (non-hydrogen) atoms. The van der Waals surface area contributed by atoms with Crippen LogP contribution in [0.5, 0.6) is 0 Å². The topological polar surface area (TPSA) is 55.4 Å². The molecule has 0 fully saturated rings. The first-order valence-corrected chi connectivity index (χ1v) is 8.86. The number of aliphatic imine (C=N–C) groups is 1. The maximum absolute atomic E-state index is 4.75. The van der Waals surface area contributed by atoms with E-state index in [1.807, 2.05) is 30.0 Å². The molecule has 1 aliphatic rings. The molecular formula is C20H23N5. The summed E-state index contributed by atoms with van der Waals surface area (Å²) in [6, 6.07) is 4.32. The lowest BCUT2D eigenvalue weighted by Crippen LogP contribution is -2.20. The Morgan fingerprint density at radius 3 is 2.84 bits per heavy atom. The van der Waals surface area contributed by atoms with Gasteiger partial charge in [-0.2, -0.15) is 5.10 Å². The fraction of sp³-hybridized carbons (Fsp3) is 0.400. The van der Waals surface area contributed by atoms with Gasteiger partial charge in [-0.1, -0.05) is 13.8 Å². The largest absolute Gasteiger partial charge is 0.238 e. The van der Waals surface area contributed by atoms with E-state index in [2.05, 4.69) is 48.0 Å². The van der Waals surface area contributed by atoms with E-state index < -0.39 is 0 Å². The first-order chi connectivity index (χ1) is 12.0. The van der Waals surface area contributed by atoms with E-state index in [0.717, 1.165) is 34.7 Å². The molecule has 0 bridgehead atoms. The SMILES string of the molecule is CC1=Nc2ncc(-c3ccn4nc(C)ncc34)cc2C[C@@H]1CC(C)C. The van der Waals surface area contributed by atoms with Gasteiger partial charge < -0.3 is 0 Å². The minimum absolute atomic E-state index is 0.515. The van der Waals surface area contributed by atoms with Crippen LogP contribution in [0.2, 0.25) is 0 Å².